The summed E-state index contributed by atoms with van der Waals surface area (Å²) in [6, 6.07) is 55.4. The van der Waals surface area contributed by atoms with Gasteiger partial charge in [0.05, 0.1) is 0 Å². The minimum atomic E-state index is 1.06. The Balaban J connectivity index is 1.40. The van der Waals surface area contributed by atoms with Gasteiger partial charge in [-0.25, -0.2) is 0 Å². The van der Waals surface area contributed by atoms with Crippen LogP contribution in [0, 0.1) is 0 Å². The van der Waals surface area contributed by atoms with Crippen molar-refractivity contribution in [3.63, 3.8) is 0 Å². The first-order valence-corrected chi connectivity index (χ1v) is 15.8. The third-order valence-electron chi connectivity index (χ3n) is 9.17. The fourth-order valence-corrected chi connectivity index (χ4v) is 7.03. The smallest absolute Gasteiger partial charge is 0.00201 e. The van der Waals surface area contributed by atoms with Crippen molar-refractivity contribution in [3.05, 3.63) is 189 Å². The maximum atomic E-state index is 4.06. The summed E-state index contributed by atoms with van der Waals surface area (Å²) in [4.78, 5) is 0. The van der Waals surface area contributed by atoms with Crippen molar-refractivity contribution >= 4 is 48.7 Å². The third kappa shape index (κ3) is 4.64. The lowest BCUT2D eigenvalue weighted by Gasteiger charge is -2.19. The van der Waals surface area contributed by atoms with E-state index in [-0.39, 0.29) is 0 Å². The van der Waals surface area contributed by atoms with E-state index < -0.39 is 0 Å². The second kappa shape index (κ2) is 11.5. The largest absolute Gasteiger partial charge is 0.0990 e. The number of allylic oxidation sites excluding steroid dienone is 4. The van der Waals surface area contributed by atoms with Gasteiger partial charge in [-0.1, -0.05) is 165 Å². The molecule has 0 aliphatic heterocycles. The van der Waals surface area contributed by atoms with Gasteiger partial charge in [0.1, 0.15) is 0 Å². The van der Waals surface area contributed by atoms with Crippen molar-refractivity contribution in [1.29, 1.82) is 0 Å². The van der Waals surface area contributed by atoms with Crippen LogP contribution in [0.5, 0.6) is 0 Å². The van der Waals surface area contributed by atoms with E-state index in [9.17, 15) is 0 Å². The number of hydrogen-bond acceptors (Lipinski definition) is 0. The van der Waals surface area contributed by atoms with Gasteiger partial charge in [0, 0.05) is 0 Å². The molecule has 0 N–H and O–H groups in total. The summed E-state index contributed by atoms with van der Waals surface area (Å²) in [7, 11) is 0. The van der Waals surface area contributed by atoms with Crippen LogP contribution in [0.25, 0.3) is 82.0 Å². The van der Waals surface area contributed by atoms with E-state index >= 15 is 0 Å². The van der Waals surface area contributed by atoms with Crippen molar-refractivity contribution < 1.29 is 0 Å². The van der Waals surface area contributed by atoms with Crippen LogP contribution in [0.4, 0.5) is 0 Å². The van der Waals surface area contributed by atoms with E-state index in [2.05, 4.69) is 165 Å². The summed E-state index contributed by atoms with van der Waals surface area (Å²) in [5.41, 5.74) is 9.60. The number of rotatable bonds is 6. The standard InChI is InChI=1S/C46H32/c1-3-13-31(4-2)37-27-25-33-16-12-23-43(44(33)30-37)46-41-21-9-7-19-39(41)45(40-20-8-10-22-42(40)46)38-18-11-17-35(29-38)36-26-24-32-14-5-6-15-34(32)28-36/h3-30H,1-2H2/b31-13+. The van der Waals surface area contributed by atoms with Gasteiger partial charge < -0.3 is 0 Å². The zero-order valence-electron chi connectivity index (χ0n) is 25.6. The molecule has 0 aliphatic carbocycles. The minimum Gasteiger partial charge on any atom is -0.0990 e. The topological polar surface area (TPSA) is 0 Å². The first-order valence-electron chi connectivity index (χ1n) is 15.8. The summed E-state index contributed by atoms with van der Waals surface area (Å²) in [5.74, 6) is 0. The molecule has 0 bridgehead atoms. The summed E-state index contributed by atoms with van der Waals surface area (Å²) < 4.78 is 0. The average Bonchev–Trinajstić information content (AvgIpc) is 3.12. The van der Waals surface area contributed by atoms with Crippen molar-refractivity contribution in [2.45, 2.75) is 0 Å². The van der Waals surface area contributed by atoms with Crippen LogP contribution in [0.2, 0.25) is 0 Å². The van der Waals surface area contributed by atoms with Crippen LogP contribution >= 0.6 is 0 Å². The van der Waals surface area contributed by atoms with E-state index in [1.54, 1.807) is 0 Å². The molecule has 8 rings (SSSR count). The minimum absolute atomic E-state index is 1.06. The maximum Gasteiger partial charge on any atom is -0.00201 e. The van der Waals surface area contributed by atoms with Crippen LogP contribution in [-0.4, -0.2) is 0 Å². The molecule has 0 heterocycles. The molecule has 0 aliphatic rings. The first kappa shape index (κ1) is 27.6. The van der Waals surface area contributed by atoms with Gasteiger partial charge in [-0.05, 0) is 106 Å². The Labute approximate surface area is 269 Å². The molecule has 0 amide bonds. The normalized spacial score (nSPS) is 11.8. The Morgan fingerprint density at radius 2 is 1.00 bits per heavy atom. The molecule has 216 valence electrons. The van der Waals surface area contributed by atoms with E-state index in [4.69, 9.17) is 0 Å². The predicted octanol–water partition coefficient (Wildman–Crippen LogP) is 13.1. The van der Waals surface area contributed by atoms with Crippen LogP contribution in [-0.2, 0) is 0 Å². The van der Waals surface area contributed by atoms with Gasteiger partial charge in [0.2, 0.25) is 0 Å². The lowest BCUT2D eigenvalue weighted by Crippen LogP contribution is -1.92. The quantitative estimate of drug-likeness (QED) is 0.135. The van der Waals surface area contributed by atoms with E-state index in [0.717, 1.165) is 11.1 Å². The lowest BCUT2D eigenvalue weighted by atomic mass is 9.84. The van der Waals surface area contributed by atoms with E-state index in [1.807, 2.05) is 18.2 Å². The fourth-order valence-electron chi connectivity index (χ4n) is 7.03. The molecule has 8 aromatic carbocycles. The van der Waals surface area contributed by atoms with Gasteiger partial charge in [-0.15, -0.1) is 0 Å². The summed E-state index contributed by atoms with van der Waals surface area (Å²) in [6.07, 6.45) is 5.74. The molecule has 46 heavy (non-hydrogen) atoms. The molecule has 0 saturated carbocycles. The SMILES string of the molecule is C=C/C=C(\C=C)c1ccc2cccc(-c3c4ccccc4c(-c4cccc(-c5ccc6ccccc6c5)c4)c4ccccc34)c2c1. The Hall–Kier alpha value is -5.98. The molecule has 0 nitrogen and oxygen atoms in total. The first-order chi connectivity index (χ1) is 22.7. The molecule has 0 heteroatoms. The van der Waals surface area contributed by atoms with Crippen molar-refractivity contribution in [2.75, 3.05) is 0 Å². The zero-order chi connectivity index (χ0) is 31.0. The van der Waals surface area contributed by atoms with Crippen LogP contribution < -0.4 is 0 Å². The Bertz CT molecular complexity index is 2450. The predicted molar refractivity (Wildman–Crippen MR) is 201 cm³/mol. The molecule has 0 fully saturated rings. The highest BCUT2D eigenvalue weighted by atomic mass is 14.2. The average molecular weight is 585 g/mol. The molecule has 0 aromatic heterocycles. The molecule has 8 aromatic rings. The summed E-state index contributed by atoms with van der Waals surface area (Å²) in [6.45, 7) is 7.97. The van der Waals surface area contributed by atoms with Crippen molar-refractivity contribution in [3.8, 4) is 33.4 Å². The maximum absolute atomic E-state index is 4.06. The summed E-state index contributed by atoms with van der Waals surface area (Å²) in [5, 5.41) is 9.93. The molecule has 0 radical (unpaired) electrons. The molecule has 0 spiro atoms. The van der Waals surface area contributed by atoms with Gasteiger partial charge in [0.15, 0.2) is 0 Å². The molecular weight excluding hydrogens is 553 g/mol. The zero-order valence-corrected chi connectivity index (χ0v) is 25.6. The van der Waals surface area contributed by atoms with Gasteiger partial charge in [0.25, 0.3) is 0 Å². The molecule has 0 atom stereocenters. The van der Waals surface area contributed by atoms with Gasteiger partial charge in [-0.2, -0.15) is 0 Å². The van der Waals surface area contributed by atoms with Crippen LogP contribution in [0.15, 0.2) is 183 Å². The van der Waals surface area contributed by atoms with Crippen molar-refractivity contribution in [1.82, 2.24) is 0 Å². The van der Waals surface area contributed by atoms with E-state index in [1.165, 1.54) is 76.5 Å². The third-order valence-corrected chi connectivity index (χ3v) is 9.17. The second-order valence-electron chi connectivity index (χ2n) is 11.8. The molecular formula is C46H32. The Morgan fingerprint density at radius 1 is 0.413 bits per heavy atom. The highest BCUT2D eigenvalue weighted by Crippen LogP contribution is 2.46. The molecule has 0 saturated heterocycles. The Morgan fingerprint density at radius 3 is 1.72 bits per heavy atom. The van der Waals surface area contributed by atoms with Crippen molar-refractivity contribution in [2.24, 2.45) is 0 Å². The molecule has 0 unspecified atom stereocenters. The van der Waals surface area contributed by atoms with E-state index in [0.29, 0.717) is 0 Å². The fraction of sp³-hybridized carbons (Fsp3) is 0. The second-order valence-corrected chi connectivity index (χ2v) is 11.8. The number of fused-ring (bicyclic) bond motifs is 4. The lowest BCUT2D eigenvalue weighted by molar-refractivity contribution is 1.62. The summed E-state index contributed by atoms with van der Waals surface area (Å²) >= 11 is 0. The highest BCUT2D eigenvalue weighted by molar-refractivity contribution is 6.23. The van der Waals surface area contributed by atoms with Gasteiger partial charge in [-0.3, -0.25) is 0 Å². The number of benzene rings is 8. The number of hydrogen-bond donors (Lipinski definition) is 0. The Kier molecular flexibility index (Phi) is 6.89. The van der Waals surface area contributed by atoms with Crippen LogP contribution in [0.3, 0.4) is 0 Å². The van der Waals surface area contributed by atoms with Gasteiger partial charge >= 0.3 is 0 Å². The monoisotopic (exact) mass is 584 g/mol. The highest BCUT2D eigenvalue weighted by Gasteiger charge is 2.18. The van der Waals surface area contributed by atoms with Crippen LogP contribution in [0.1, 0.15) is 5.56 Å².